The summed E-state index contributed by atoms with van der Waals surface area (Å²) in [6.45, 7) is 2.16. The number of hydrogen-bond acceptors (Lipinski definition) is 5. The summed E-state index contributed by atoms with van der Waals surface area (Å²) >= 11 is 0. The normalized spacial score (nSPS) is 13.0. The van der Waals surface area contributed by atoms with E-state index in [0.29, 0.717) is 11.7 Å². The first-order valence-electron chi connectivity index (χ1n) is 9.61. The number of fused-ring (bicyclic) bond motifs is 1. The van der Waals surface area contributed by atoms with Gasteiger partial charge in [0, 0.05) is 23.1 Å². The van der Waals surface area contributed by atoms with E-state index in [0.717, 1.165) is 23.1 Å². The number of nitrogens with two attached hydrogens (primary N) is 1. The third-order valence-electron chi connectivity index (χ3n) is 4.73. The maximum Gasteiger partial charge on any atom is 0.222 e. The molecule has 0 spiro atoms. The number of H-pyrrole nitrogens is 1. The van der Waals surface area contributed by atoms with Crippen molar-refractivity contribution in [2.45, 2.75) is 32.1 Å². The van der Waals surface area contributed by atoms with Gasteiger partial charge in [0.05, 0.1) is 5.52 Å². The van der Waals surface area contributed by atoms with Crippen molar-refractivity contribution in [3.8, 4) is 0 Å². The molecule has 0 saturated heterocycles. The maximum atomic E-state index is 5.75. The minimum Gasteiger partial charge on any atom is -0.368 e. The Labute approximate surface area is 164 Å². The highest BCUT2D eigenvalue weighted by Crippen LogP contribution is 2.39. The molecular weight excluding hydrogens is 348 g/mol. The Morgan fingerprint density at radius 1 is 1.04 bits per heavy atom. The van der Waals surface area contributed by atoms with E-state index in [1.54, 1.807) is 0 Å². The average Bonchev–Trinajstić information content (AvgIpc) is 3.48. The van der Waals surface area contributed by atoms with Crippen LogP contribution in [0.1, 0.15) is 36.9 Å². The van der Waals surface area contributed by atoms with E-state index in [-0.39, 0.29) is 5.95 Å². The van der Waals surface area contributed by atoms with Gasteiger partial charge in [-0.25, -0.2) is 4.98 Å². The number of nitrogens with one attached hydrogen (secondary N) is 2. The third-order valence-corrected chi connectivity index (χ3v) is 4.73. The zero-order chi connectivity index (χ0) is 19.3. The van der Waals surface area contributed by atoms with Gasteiger partial charge in [0.25, 0.3) is 0 Å². The number of aromatic amines is 1. The van der Waals surface area contributed by atoms with Gasteiger partial charge in [-0.1, -0.05) is 49.4 Å². The summed E-state index contributed by atoms with van der Waals surface area (Å²) in [5, 5.41) is 11.5. The van der Waals surface area contributed by atoms with Crippen molar-refractivity contribution in [2.75, 3.05) is 11.1 Å². The van der Waals surface area contributed by atoms with Gasteiger partial charge in [0.2, 0.25) is 5.95 Å². The molecule has 1 saturated carbocycles. The molecule has 1 aliphatic carbocycles. The predicted octanol–water partition coefficient (Wildman–Crippen LogP) is 4.81. The van der Waals surface area contributed by atoms with E-state index in [1.165, 1.54) is 24.1 Å². The van der Waals surface area contributed by atoms with Gasteiger partial charge in [-0.15, -0.1) is 0 Å². The molecule has 2 aromatic heterocycles. The molecule has 5 rings (SSSR count). The van der Waals surface area contributed by atoms with Crippen molar-refractivity contribution < 1.29 is 0 Å². The van der Waals surface area contributed by atoms with Crippen LogP contribution in [0.4, 0.5) is 17.6 Å². The largest absolute Gasteiger partial charge is 0.368 e. The van der Waals surface area contributed by atoms with Crippen LogP contribution in [0.15, 0.2) is 60.7 Å². The smallest absolute Gasteiger partial charge is 0.222 e. The van der Waals surface area contributed by atoms with E-state index < -0.39 is 0 Å². The second-order valence-electron chi connectivity index (χ2n) is 6.89. The molecule has 2 aromatic carbocycles. The molecule has 0 unspecified atom stereocenters. The second-order valence-corrected chi connectivity index (χ2v) is 6.89. The molecule has 0 bridgehead atoms. The minimum absolute atomic E-state index is 0.254. The number of benzene rings is 2. The molecule has 1 aliphatic rings. The lowest BCUT2D eigenvalue weighted by Gasteiger charge is -2.06. The van der Waals surface area contributed by atoms with Crippen molar-refractivity contribution >= 4 is 28.5 Å². The molecule has 4 N–H and O–H groups in total. The van der Waals surface area contributed by atoms with Gasteiger partial charge in [-0.3, -0.25) is 5.10 Å². The van der Waals surface area contributed by atoms with Crippen LogP contribution in [0.5, 0.6) is 0 Å². The van der Waals surface area contributed by atoms with Crippen molar-refractivity contribution in [1.29, 1.82) is 0 Å². The third kappa shape index (κ3) is 4.28. The fourth-order valence-electron chi connectivity index (χ4n) is 3.03. The summed E-state index contributed by atoms with van der Waals surface area (Å²) in [7, 11) is 0. The highest BCUT2D eigenvalue weighted by atomic mass is 15.2. The molecule has 6 heteroatoms. The van der Waals surface area contributed by atoms with Crippen LogP contribution in [0.2, 0.25) is 0 Å². The predicted molar refractivity (Wildman–Crippen MR) is 114 cm³/mol. The molecule has 6 nitrogen and oxygen atoms in total. The summed E-state index contributed by atoms with van der Waals surface area (Å²) in [6, 6.07) is 20.2. The van der Waals surface area contributed by atoms with Crippen molar-refractivity contribution in [1.82, 2.24) is 20.2 Å². The van der Waals surface area contributed by atoms with Gasteiger partial charge in [-0.05, 0) is 37.0 Å². The van der Waals surface area contributed by atoms with Crippen LogP contribution in [-0.2, 0) is 6.42 Å². The van der Waals surface area contributed by atoms with E-state index >= 15 is 0 Å². The molecule has 2 heterocycles. The Balaban J connectivity index is 0.000000203. The minimum atomic E-state index is 0.254. The number of rotatable bonds is 4. The highest BCUT2D eigenvalue weighted by Gasteiger charge is 2.25. The van der Waals surface area contributed by atoms with Crippen LogP contribution < -0.4 is 11.1 Å². The molecule has 0 atom stereocenters. The zero-order valence-corrected chi connectivity index (χ0v) is 15.9. The summed E-state index contributed by atoms with van der Waals surface area (Å²) in [5.74, 6) is 2.34. The van der Waals surface area contributed by atoms with Gasteiger partial charge < -0.3 is 11.1 Å². The highest BCUT2D eigenvalue weighted by molar-refractivity contribution is 5.91. The van der Waals surface area contributed by atoms with Crippen molar-refractivity contribution in [2.24, 2.45) is 0 Å². The molecule has 142 valence electrons. The van der Waals surface area contributed by atoms with Gasteiger partial charge in [0.1, 0.15) is 5.82 Å². The van der Waals surface area contributed by atoms with E-state index in [4.69, 9.17) is 5.73 Å². The molecule has 0 aliphatic heterocycles. The Hall–Kier alpha value is -3.41. The molecular formula is C22H24N6. The van der Waals surface area contributed by atoms with E-state index in [2.05, 4.69) is 56.7 Å². The summed E-state index contributed by atoms with van der Waals surface area (Å²) < 4.78 is 0. The van der Waals surface area contributed by atoms with Crippen LogP contribution in [0.3, 0.4) is 0 Å². The molecule has 0 radical (unpaired) electrons. The molecule has 4 aromatic rings. The number of anilines is 3. The number of aryl methyl sites for hydroxylation is 1. The Morgan fingerprint density at radius 2 is 1.79 bits per heavy atom. The van der Waals surface area contributed by atoms with Crippen LogP contribution in [-0.4, -0.2) is 20.2 Å². The summed E-state index contributed by atoms with van der Waals surface area (Å²) in [4.78, 5) is 8.49. The standard InChI is InChI=1S/C14H14N6.C8H10/c15-14-16-10-4-2-1-3-9(10)13(18-14)17-12-7-11(19-20-12)8-5-6-8;1-2-8-6-4-3-5-7-8/h1-4,7-8H,5-6H2,(H4,15,16,17,18,19,20);3-7H,2H2,1H3. The number of nitrogen functional groups attached to an aromatic ring is 1. The van der Waals surface area contributed by atoms with E-state index in [9.17, 15) is 0 Å². The maximum absolute atomic E-state index is 5.75. The zero-order valence-electron chi connectivity index (χ0n) is 15.9. The fraction of sp³-hybridized carbons (Fsp3) is 0.227. The molecule has 0 amide bonds. The number of para-hydroxylation sites is 1. The van der Waals surface area contributed by atoms with Gasteiger partial charge in [-0.2, -0.15) is 10.1 Å². The van der Waals surface area contributed by atoms with Gasteiger partial charge in [0.15, 0.2) is 5.82 Å². The molecule has 28 heavy (non-hydrogen) atoms. The van der Waals surface area contributed by atoms with E-state index in [1.807, 2.05) is 36.4 Å². The monoisotopic (exact) mass is 372 g/mol. The first-order chi connectivity index (χ1) is 13.7. The number of aromatic nitrogens is 4. The second kappa shape index (κ2) is 8.08. The van der Waals surface area contributed by atoms with Crippen molar-refractivity contribution in [3.63, 3.8) is 0 Å². The van der Waals surface area contributed by atoms with Crippen LogP contribution in [0, 0.1) is 0 Å². The summed E-state index contributed by atoms with van der Waals surface area (Å²) in [5.41, 5.74) is 9.16. The molecule has 1 fully saturated rings. The van der Waals surface area contributed by atoms with Crippen LogP contribution in [0.25, 0.3) is 10.9 Å². The first kappa shape index (κ1) is 18.0. The Bertz CT molecular complexity index is 1050. The average molecular weight is 372 g/mol. The lowest BCUT2D eigenvalue weighted by molar-refractivity contribution is 0.966. The Kier molecular flexibility index (Phi) is 5.19. The van der Waals surface area contributed by atoms with Gasteiger partial charge >= 0.3 is 0 Å². The topological polar surface area (TPSA) is 92.5 Å². The van der Waals surface area contributed by atoms with Crippen LogP contribution >= 0.6 is 0 Å². The summed E-state index contributed by atoms with van der Waals surface area (Å²) in [6.07, 6.45) is 3.62. The number of hydrogen-bond donors (Lipinski definition) is 3. The quantitative estimate of drug-likeness (QED) is 0.478. The SMILES string of the molecule is CCc1ccccc1.Nc1nc(Nc2cc(C3CC3)[nH]n2)c2ccccc2n1. The lowest BCUT2D eigenvalue weighted by atomic mass is 10.2. The number of nitrogens with zero attached hydrogens (tertiary/aromatic N) is 3. The van der Waals surface area contributed by atoms with Crippen molar-refractivity contribution in [3.05, 3.63) is 71.9 Å². The first-order valence-corrected chi connectivity index (χ1v) is 9.61. The Morgan fingerprint density at radius 3 is 2.50 bits per heavy atom. The fourth-order valence-corrected chi connectivity index (χ4v) is 3.03. The lowest BCUT2D eigenvalue weighted by Crippen LogP contribution is -2.01.